The molecule has 6 aromatic rings. The Labute approximate surface area is 221 Å². The first-order chi connectivity index (χ1) is 18.9. The molecule has 0 fully saturated rings. The number of para-hydroxylation sites is 1. The number of nitrogens with one attached hydrogen (secondary N) is 2. The normalized spacial score (nSPS) is 12.2. The van der Waals surface area contributed by atoms with Gasteiger partial charge < -0.3 is 29.0 Å². The smallest absolute Gasteiger partial charge is 0.340 e. The lowest BCUT2D eigenvalue weighted by Gasteiger charge is -2.20. The first-order valence-corrected chi connectivity index (χ1v) is 12.5. The Morgan fingerprint density at radius 1 is 0.974 bits per heavy atom. The van der Waals surface area contributed by atoms with Gasteiger partial charge in [0.15, 0.2) is 0 Å². The summed E-state index contributed by atoms with van der Waals surface area (Å²) < 4.78 is 11.3. The summed E-state index contributed by atoms with van der Waals surface area (Å²) >= 11 is 0. The second-order valence-electron chi connectivity index (χ2n) is 9.53. The van der Waals surface area contributed by atoms with Crippen molar-refractivity contribution in [3.05, 3.63) is 106 Å². The van der Waals surface area contributed by atoms with E-state index in [1.54, 1.807) is 25.5 Å². The second-order valence-corrected chi connectivity index (χ2v) is 9.53. The molecule has 2 N–H and O–H groups in total. The molecular formula is C31H23N2O6-. The predicted molar refractivity (Wildman–Crippen MR) is 145 cm³/mol. The lowest BCUT2D eigenvalue weighted by atomic mass is 9.99. The average Bonchev–Trinajstić information content (AvgIpc) is 3.54. The number of amides is 1. The highest BCUT2D eigenvalue weighted by atomic mass is 16.4. The summed E-state index contributed by atoms with van der Waals surface area (Å²) in [6, 6.07) is 19.5. The van der Waals surface area contributed by atoms with Crippen LogP contribution in [0.3, 0.4) is 0 Å². The molecular weight excluding hydrogens is 496 g/mol. The number of carbonyl (C=O) groups is 2. The molecule has 3 aromatic heterocycles. The molecule has 0 radical (unpaired) electrons. The minimum Gasteiger partial charge on any atom is -0.548 e. The van der Waals surface area contributed by atoms with Crippen molar-refractivity contribution < 1.29 is 23.5 Å². The molecule has 0 aliphatic carbocycles. The first-order valence-electron chi connectivity index (χ1n) is 12.5. The summed E-state index contributed by atoms with van der Waals surface area (Å²) in [5.41, 5.74) is 4.47. The number of carbonyl (C=O) groups excluding carboxylic acids is 2. The molecule has 0 saturated heterocycles. The summed E-state index contributed by atoms with van der Waals surface area (Å²) in [5.74, 6) is -2.03. The number of fused-ring (bicyclic) bond motifs is 3. The number of aryl methyl sites for hydroxylation is 1. The third kappa shape index (κ3) is 4.46. The van der Waals surface area contributed by atoms with E-state index in [0.29, 0.717) is 22.1 Å². The Kier molecular flexibility index (Phi) is 5.99. The van der Waals surface area contributed by atoms with Crippen molar-refractivity contribution in [3.8, 4) is 11.1 Å². The second kappa shape index (κ2) is 9.64. The molecule has 0 aliphatic rings. The summed E-state index contributed by atoms with van der Waals surface area (Å²) in [6.07, 6.45) is 3.07. The van der Waals surface area contributed by atoms with Crippen molar-refractivity contribution in [2.75, 3.05) is 0 Å². The topological polar surface area (TPSA) is 128 Å². The Hall–Kier alpha value is -5.11. The Morgan fingerprint density at radius 3 is 2.54 bits per heavy atom. The fourth-order valence-corrected chi connectivity index (χ4v) is 5.08. The van der Waals surface area contributed by atoms with E-state index in [-0.39, 0.29) is 18.4 Å². The highest BCUT2D eigenvalue weighted by molar-refractivity contribution is 6.02. The SMILES string of the molecule is Cc1c(CC(=O)N[C@@H](Cc2c[nH]c3ccccc23)C(=O)[O-])c(=O)oc2cc3occ(-c4ccccc4)c3cc12. The lowest BCUT2D eigenvalue weighted by molar-refractivity contribution is -0.308. The third-order valence-corrected chi connectivity index (χ3v) is 7.12. The quantitative estimate of drug-likeness (QED) is 0.307. The molecule has 8 heteroatoms. The Bertz CT molecular complexity index is 1930. The summed E-state index contributed by atoms with van der Waals surface area (Å²) in [7, 11) is 0. The zero-order valence-corrected chi connectivity index (χ0v) is 20.9. The molecule has 0 saturated carbocycles. The van der Waals surface area contributed by atoms with Crippen LogP contribution in [0.5, 0.6) is 0 Å². The van der Waals surface area contributed by atoms with Crippen molar-refractivity contribution in [1.82, 2.24) is 10.3 Å². The number of hydrogen-bond acceptors (Lipinski definition) is 6. The molecule has 8 nitrogen and oxygen atoms in total. The minimum absolute atomic E-state index is 0.0319. The van der Waals surface area contributed by atoms with Crippen LogP contribution in [0.15, 0.2) is 92.8 Å². The summed E-state index contributed by atoms with van der Waals surface area (Å²) in [4.78, 5) is 40.8. The van der Waals surface area contributed by atoms with Crippen LogP contribution < -0.4 is 16.0 Å². The maximum absolute atomic E-state index is 13.0. The van der Waals surface area contributed by atoms with Crippen molar-refractivity contribution in [3.63, 3.8) is 0 Å². The van der Waals surface area contributed by atoms with E-state index in [1.165, 1.54) is 0 Å². The van der Waals surface area contributed by atoms with E-state index >= 15 is 0 Å². The number of H-pyrrole nitrogens is 1. The molecule has 194 valence electrons. The number of benzene rings is 3. The van der Waals surface area contributed by atoms with Gasteiger partial charge in [0.05, 0.1) is 30.3 Å². The fraction of sp³-hybridized carbons (Fsp3) is 0.129. The molecule has 0 spiro atoms. The van der Waals surface area contributed by atoms with Gasteiger partial charge in [0, 0.05) is 45.9 Å². The van der Waals surface area contributed by atoms with Crippen LogP contribution in [0.25, 0.3) is 44.0 Å². The van der Waals surface area contributed by atoms with E-state index in [1.807, 2.05) is 60.7 Å². The zero-order valence-electron chi connectivity index (χ0n) is 20.9. The monoisotopic (exact) mass is 519 g/mol. The number of aliphatic carboxylic acids is 1. The fourth-order valence-electron chi connectivity index (χ4n) is 5.08. The highest BCUT2D eigenvalue weighted by Crippen LogP contribution is 2.34. The Morgan fingerprint density at radius 2 is 1.74 bits per heavy atom. The van der Waals surface area contributed by atoms with E-state index in [4.69, 9.17) is 8.83 Å². The van der Waals surface area contributed by atoms with Crippen LogP contribution >= 0.6 is 0 Å². The highest BCUT2D eigenvalue weighted by Gasteiger charge is 2.21. The van der Waals surface area contributed by atoms with Gasteiger partial charge in [-0.25, -0.2) is 4.79 Å². The largest absolute Gasteiger partial charge is 0.548 e. The number of aromatic nitrogens is 1. The molecule has 0 unspecified atom stereocenters. The van der Waals surface area contributed by atoms with E-state index in [0.717, 1.165) is 33.0 Å². The van der Waals surface area contributed by atoms with Crippen LogP contribution in [-0.4, -0.2) is 22.9 Å². The van der Waals surface area contributed by atoms with Gasteiger partial charge in [-0.15, -0.1) is 0 Å². The van der Waals surface area contributed by atoms with Crippen molar-refractivity contribution in [2.45, 2.75) is 25.8 Å². The van der Waals surface area contributed by atoms with Crippen LogP contribution in [0.4, 0.5) is 0 Å². The van der Waals surface area contributed by atoms with Gasteiger partial charge in [-0.2, -0.15) is 0 Å². The lowest BCUT2D eigenvalue weighted by Crippen LogP contribution is -2.49. The molecule has 3 aromatic carbocycles. The van der Waals surface area contributed by atoms with Gasteiger partial charge in [0.2, 0.25) is 5.91 Å². The van der Waals surface area contributed by atoms with Gasteiger partial charge in [0.25, 0.3) is 0 Å². The molecule has 6 rings (SSSR count). The van der Waals surface area contributed by atoms with Gasteiger partial charge in [-0.1, -0.05) is 48.5 Å². The number of carboxylic acids is 1. The molecule has 1 amide bonds. The van der Waals surface area contributed by atoms with Crippen molar-refractivity contribution in [1.29, 1.82) is 0 Å². The minimum atomic E-state index is -1.41. The Balaban J connectivity index is 1.30. The van der Waals surface area contributed by atoms with E-state index in [2.05, 4.69) is 10.3 Å². The van der Waals surface area contributed by atoms with Crippen LogP contribution in [0.1, 0.15) is 16.7 Å². The van der Waals surface area contributed by atoms with E-state index < -0.39 is 23.5 Å². The zero-order chi connectivity index (χ0) is 27.1. The van der Waals surface area contributed by atoms with E-state index in [9.17, 15) is 19.5 Å². The van der Waals surface area contributed by atoms with Crippen LogP contribution in [-0.2, 0) is 22.4 Å². The first kappa shape index (κ1) is 24.2. The standard InChI is InChI=1S/C31H24N2O6/c1-17-21-12-23-24(18-7-3-2-4-8-18)16-38-27(23)14-28(21)39-31(37)22(17)13-29(34)33-26(30(35)36)11-19-15-32-25-10-6-5-9-20(19)25/h2-10,12,14-16,26,32H,11,13H2,1H3,(H,33,34)(H,35,36)/p-1/t26-/m0/s1. The van der Waals surface area contributed by atoms with Gasteiger partial charge in [-0.05, 0) is 35.7 Å². The molecule has 3 heterocycles. The van der Waals surface area contributed by atoms with Gasteiger partial charge >= 0.3 is 5.63 Å². The van der Waals surface area contributed by atoms with Gasteiger partial charge in [-0.3, -0.25) is 4.79 Å². The number of rotatable bonds is 7. The van der Waals surface area contributed by atoms with Crippen molar-refractivity contribution >= 4 is 44.7 Å². The number of aromatic amines is 1. The molecule has 0 aliphatic heterocycles. The van der Waals surface area contributed by atoms with Crippen molar-refractivity contribution in [2.24, 2.45) is 0 Å². The number of carboxylic acid groups (broad SMARTS) is 1. The van der Waals surface area contributed by atoms with Crippen LogP contribution in [0, 0.1) is 6.92 Å². The summed E-state index contributed by atoms with van der Waals surface area (Å²) in [5, 5.41) is 16.8. The predicted octanol–water partition coefficient (Wildman–Crippen LogP) is 4.02. The van der Waals surface area contributed by atoms with Crippen LogP contribution in [0.2, 0.25) is 0 Å². The number of hydrogen-bond donors (Lipinski definition) is 2. The summed E-state index contributed by atoms with van der Waals surface area (Å²) in [6.45, 7) is 1.75. The van der Waals surface area contributed by atoms with Gasteiger partial charge in [0.1, 0.15) is 11.2 Å². The average molecular weight is 520 g/mol. The third-order valence-electron chi connectivity index (χ3n) is 7.12. The molecule has 39 heavy (non-hydrogen) atoms. The number of furan rings is 1. The molecule has 1 atom stereocenters. The maximum atomic E-state index is 13.0. The molecule has 0 bridgehead atoms. The maximum Gasteiger partial charge on any atom is 0.340 e.